The normalized spacial score (nSPS) is 16.9. The second-order valence-corrected chi connectivity index (χ2v) is 5.97. The molecule has 1 unspecified atom stereocenters. The molecule has 1 aliphatic rings. The quantitative estimate of drug-likeness (QED) is 0.816. The largest absolute Gasteiger partial charge is 0.383 e. The fourth-order valence-electron chi connectivity index (χ4n) is 2.29. The molecular formula is C14H16Cl3N5O. The highest BCUT2D eigenvalue weighted by molar-refractivity contribution is 6.32. The smallest absolute Gasteiger partial charge is 0.149 e. The van der Waals surface area contributed by atoms with E-state index in [0.29, 0.717) is 21.5 Å². The first kappa shape index (κ1) is 18.1. The van der Waals surface area contributed by atoms with Gasteiger partial charge in [0.1, 0.15) is 21.3 Å². The number of methoxy groups -OCH3 is 1. The first-order valence-electron chi connectivity index (χ1n) is 6.96. The molecule has 3 heterocycles. The van der Waals surface area contributed by atoms with E-state index in [1.165, 1.54) is 18.8 Å². The van der Waals surface area contributed by atoms with Crippen LogP contribution in [0, 0.1) is 0 Å². The van der Waals surface area contributed by atoms with Crippen LogP contribution in [0.4, 0.5) is 5.82 Å². The van der Waals surface area contributed by atoms with Gasteiger partial charge in [0.05, 0.1) is 37.4 Å². The number of hydrogen-bond donors (Lipinski definition) is 0. The zero-order chi connectivity index (χ0) is 16.7. The fourth-order valence-corrected chi connectivity index (χ4v) is 2.77. The van der Waals surface area contributed by atoms with Gasteiger partial charge < -0.3 is 9.64 Å². The van der Waals surface area contributed by atoms with E-state index in [4.69, 9.17) is 39.5 Å². The lowest BCUT2D eigenvalue weighted by atomic mass is 10.2. The van der Waals surface area contributed by atoms with Crippen molar-refractivity contribution in [2.75, 3.05) is 25.2 Å². The number of ether oxygens (including phenoxy) is 1. The van der Waals surface area contributed by atoms with Crippen LogP contribution in [0.15, 0.2) is 24.8 Å². The molecule has 3 rings (SSSR count). The minimum absolute atomic E-state index is 0.317. The molecule has 6 nitrogen and oxygen atoms in total. The Balaban J connectivity index is 0.000000203. The highest BCUT2D eigenvalue weighted by Crippen LogP contribution is 2.24. The Labute approximate surface area is 149 Å². The Bertz CT molecular complexity index is 614. The predicted octanol–water partition coefficient (Wildman–Crippen LogP) is 3.53. The molecule has 1 aliphatic heterocycles. The Morgan fingerprint density at radius 3 is 2.17 bits per heavy atom. The van der Waals surface area contributed by atoms with Gasteiger partial charge in [-0.15, -0.1) is 0 Å². The minimum atomic E-state index is 0.317. The number of anilines is 1. The molecule has 2 aromatic heterocycles. The Morgan fingerprint density at radius 1 is 1.04 bits per heavy atom. The van der Waals surface area contributed by atoms with E-state index >= 15 is 0 Å². The maximum absolute atomic E-state index is 5.82. The van der Waals surface area contributed by atoms with Gasteiger partial charge in [-0.05, 0) is 12.8 Å². The first-order valence-corrected chi connectivity index (χ1v) is 8.09. The van der Waals surface area contributed by atoms with Crippen LogP contribution in [0.2, 0.25) is 15.5 Å². The van der Waals surface area contributed by atoms with Crippen LogP contribution in [-0.2, 0) is 4.74 Å². The zero-order valence-corrected chi connectivity index (χ0v) is 14.8. The van der Waals surface area contributed by atoms with Gasteiger partial charge >= 0.3 is 0 Å². The molecule has 2 aromatic rings. The molecular weight excluding hydrogens is 361 g/mol. The van der Waals surface area contributed by atoms with Crippen molar-refractivity contribution >= 4 is 40.6 Å². The molecule has 0 bridgehead atoms. The van der Waals surface area contributed by atoms with Crippen molar-refractivity contribution in [3.63, 3.8) is 0 Å². The average Bonchev–Trinajstić information content (AvgIpc) is 2.96. The second kappa shape index (κ2) is 9.17. The SMILES string of the molecule is COCC1CCCN1c1cncc(Cl)n1.Clc1cncc(Cl)n1. The van der Waals surface area contributed by atoms with Gasteiger partial charge in [0.2, 0.25) is 0 Å². The highest BCUT2D eigenvalue weighted by Gasteiger charge is 2.25. The Kier molecular flexibility index (Phi) is 7.23. The summed E-state index contributed by atoms with van der Waals surface area (Å²) in [5, 5.41) is 1.07. The van der Waals surface area contributed by atoms with Gasteiger partial charge in [0, 0.05) is 13.7 Å². The lowest BCUT2D eigenvalue weighted by Crippen LogP contribution is -2.33. The van der Waals surface area contributed by atoms with E-state index in [2.05, 4.69) is 24.8 Å². The maximum Gasteiger partial charge on any atom is 0.149 e. The maximum atomic E-state index is 5.82. The van der Waals surface area contributed by atoms with Gasteiger partial charge in [0.15, 0.2) is 0 Å². The molecule has 0 spiro atoms. The third-order valence-corrected chi connectivity index (χ3v) is 3.74. The summed E-state index contributed by atoms with van der Waals surface area (Å²) in [6.07, 6.45) is 8.46. The molecule has 1 saturated heterocycles. The van der Waals surface area contributed by atoms with Crippen LogP contribution >= 0.6 is 34.8 Å². The van der Waals surface area contributed by atoms with Crippen LogP contribution in [0.25, 0.3) is 0 Å². The number of halogens is 3. The summed E-state index contributed by atoms with van der Waals surface area (Å²) >= 11 is 16.6. The van der Waals surface area contributed by atoms with E-state index in [0.717, 1.165) is 25.4 Å². The van der Waals surface area contributed by atoms with Crippen LogP contribution in [0.5, 0.6) is 0 Å². The van der Waals surface area contributed by atoms with Crippen molar-refractivity contribution in [1.82, 2.24) is 19.9 Å². The topological polar surface area (TPSA) is 64.0 Å². The summed E-state index contributed by atoms with van der Waals surface area (Å²) in [6.45, 7) is 1.73. The third-order valence-electron chi connectivity index (χ3n) is 3.20. The molecule has 0 aromatic carbocycles. The van der Waals surface area contributed by atoms with E-state index < -0.39 is 0 Å². The predicted molar refractivity (Wildman–Crippen MR) is 91.3 cm³/mol. The summed E-state index contributed by atoms with van der Waals surface area (Å²) in [5.74, 6) is 0.849. The second-order valence-electron chi connectivity index (χ2n) is 4.81. The summed E-state index contributed by atoms with van der Waals surface area (Å²) < 4.78 is 5.18. The van der Waals surface area contributed by atoms with Crippen molar-refractivity contribution in [2.45, 2.75) is 18.9 Å². The monoisotopic (exact) mass is 375 g/mol. The lowest BCUT2D eigenvalue weighted by molar-refractivity contribution is 0.180. The minimum Gasteiger partial charge on any atom is -0.383 e. The van der Waals surface area contributed by atoms with Crippen molar-refractivity contribution in [2.24, 2.45) is 0 Å². The lowest BCUT2D eigenvalue weighted by Gasteiger charge is -2.24. The van der Waals surface area contributed by atoms with E-state index in [1.54, 1.807) is 19.5 Å². The molecule has 23 heavy (non-hydrogen) atoms. The van der Waals surface area contributed by atoms with Crippen molar-refractivity contribution < 1.29 is 4.74 Å². The van der Waals surface area contributed by atoms with Crippen LogP contribution in [-0.4, -0.2) is 46.2 Å². The fraction of sp³-hybridized carbons (Fsp3) is 0.429. The van der Waals surface area contributed by atoms with Crippen LogP contribution in [0.3, 0.4) is 0 Å². The van der Waals surface area contributed by atoms with E-state index in [9.17, 15) is 0 Å². The molecule has 124 valence electrons. The first-order chi connectivity index (χ1) is 11.1. The number of nitrogens with zero attached hydrogens (tertiary/aromatic N) is 5. The summed E-state index contributed by atoms with van der Waals surface area (Å²) in [4.78, 5) is 17.8. The molecule has 0 N–H and O–H groups in total. The number of aromatic nitrogens is 4. The van der Waals surface area contributed by atoms with E-state index in [-0.39, 0.29) is 0 Å². The van der Waals surface area contributed by atoms with Gasteiger partial charge in [-0.2, -0.15) is 0 Å². The third kappa shape index (κ3) is 5.73. The average molecular weight is 377 g/mol. The molecule has 1 fully saturated rings. The van der Waals surface area contributed by atoms with Crippen molar-refractivity contribution in [3.05, 3.63) is 40.2 Å². The standard InChI is InChI=1S/C10H14ClN3O.C4H2Cl2N2/c1-15-7-8-3-2-4-14(8)10-6-12-5-9(11)13-10;5-3-1-7-2-4(6)8-3/h5-6,8H,2-4,7H2,1H3;1-2H. The summed E-state index contributed by atoms with van der Waals surface area (Å²) in [6, 6.07) is 0.405. The van der Waals surface area contributed by atoms with Gasteiger partial charge in [-0.3, -0.25) is 9.97 Å². The van der Waals surface area contributed by atoms with Crippen molar-refractivity contribution in [3.8, 4) is 0 Å². The van der Waals surface area contributed by atoms with Gasteiger partial charge in [-0.25, -0.2) is 9.97 Å². The van der Waals surface area contributed by atoms with E-state index in [1.807, 2.05) is 0 Å². The Morgan fingerprint density at radius 2 is 1.65 bits per heavy atom. The number of rotatable bonds is 3. The van der Waals surface area contributed by atoms with Gasteiger partial charge in [0.25, 0.3) is 0 Å². The number of hydrogen-bond acceptors (Lipinski definition) is 6. The molecule has 0 radical (unpaired) electrons. The summed E-state index contributed by atoms with van der Waals surface area (Å²) in [7, 11) is 1.72. The molecule has 0 aliphatic carbocycles. The van der Waals surface area contributed by atoms with Crippen molar-refractivity contribution in [1.29, 1.82) is 0 Å². The molecule has 9 heteroatoms. The molecule has 1 atom stereocenters. The van der Waals surface area contributed by atoms with Crippen LogP contribution < -0.4 is 4.90 Å². The molecule has 0 saturated carbocycles. The summed E-state index contributed by atoms with van der Waals surface area (Å²) in [5.41, 5.74) is 0. The highest BCUT2D eigenvalue weighted by atomic mass is 35.5. The molecule has 0 amide bonds. The van der Waals surface area contributed by atoms with Crippen LogP contribution in [0.1, 0.15) is 12.8 Å². The van der Waals surface area contributed by atoms with Gasteiger partial charge in [-0.1, -0.05) is 34.8 Å². The zero-order valence-electron chi connectivity index (χ0n) is 12.5. The Hall–Kier alpha value is -1.21.